The number of nitrogens with zero attached hydrogens (tertiary/aromatic N) is 1. The van der Waals surface area contributed by atoms with Gasteiger partial charge in [-0.1, -0.05) is 32.0 Å². The number of benzene rings is 1. The molecule has 21 heavy (non-hydrogen) atoms. The quantitative estimate of drug-likeness (QED) is 0.719. The predicted molar refractivity (Wildman–Crippen MR) is 84.8 cm³/mol. The van der Waals surface area contributed by atoms with Gasteiger partial charge >= 0.3 is 0 Å². The van der Waals surface area contributed by atoms with Crippen molar-refractivity contribution >= 4 is 5.91 Å². The van der Waals surface area contributed by atoms with Crippen LogP contribution < -0.4 is 5.32 Å². The Balaban J connectivity index is 2.23. The fourth-order valence-corrected chi connectivity index (χ4v) is 2.35. The van der Waals surface area contributed by atoms with E-state index in [1.165, 1.54) is 6.07 Å². The number of halogens is 1. The molecule has 1 N–H and O–H groups in total. The van der Waals surface area contributed by atoms with Gasteiger partial charge in [0, 0.05) is 19.5 Å². The highest BCUT2D eigenvalue weighted by atomic mass is 19.1. The number of nitrogens with one attached hydrogen (secondary N) is 1. The molecular weight excluding hydrogens is 267 g/mol. The first-order valence-electron chi connectivity index (χ1n) is 7.89. The Kier molecular flexibility index (Phi) is 8.67. The van der Waals surface area contributed by atoms with E-state index in [1.54, 1.807) is 12.1 Å². The van der Waals surface area contributed by atoms with Gasteiger partial charge in [-0.2, -0.15) is 0 Å². The van der Waals surface area contributed by atoms with Crippen LogP contribution >= 0.6 is 0 Å². The molecule has 118 valence electrons. The second kappa shape index (κ2) is 10.3. The molecule has 0 fully saturated rings. The molecule has 4 heteroatoms. The molecule has 0 aliphatic rings. The molecule has 0 spiro atoms. The lowest BCUT2D eigenvalue weighted by Gasteiger charge is -2.20. The molecule has 1 aromatic rings. The lowest BCUT2D eigenvalue weighted by atomic mass is 10.1. The maximum atomic E-state index is 13.4. The third-order valence-electron chi connectivity index (χ3n) is 3.41. The van der Waals surface area contributed by atoms with Crippen LogP contribution in [0.4, 0.5) is 4.39 Å². The van der Waals surface area contributed by atoms with Crippen LogP contribution in [0.25, 0.3) is 0 Å². The summed E-state index contributed by atoms with van der Waals surface area (Å²) in [4.78, 5) is 14.1. The third-order valence-corrected chi connectivity index (χ3v) is 3.41. The Bertz CT molecular complexity index is 417. The monoisotopic (exact) mass is 294 g/mol. The van der Waals surface area contributed by atoms with Crippen molar-refractivity contribution in [2.75, 3.05) is 26.2 Å². The van der Waals surface area contributed by atoms with Gasteiger partial charge < -0.3 is 10.2 Å². The Morgan fingerprint density at radius 3 is 2.43 bits per heavy atom. The first kappa shape index (κ1) is 17.6. The molecule has 0 unspecified atom stereocenters. The van der Waals surface area contributed by atoms with E-state index in [9.17, 15) is 9.18 Å². The van der Waals surface area contributed by atoms with Crippen molar-refractivity contribution in [3.05, 3.63) is 35.6 Å². The van der Waals surface area contributed by atoms with Gasteiger partial charge in [-0.05, 0) is 44.0 Å². The van der Waals surface area contributed by atoms with E-state index in [4.69, 9.17) is 0 Å². The van der Waals surface area contributed by atoms with E-state index in [1.807, 2.05) is 6.07 Å². The number of carbonyl (C=O) groups is 1. The number of carbonyl (C=O) groups excluding carboxylic acids is 1. The van der Waals surface area contributed by atoms with Crippen LogP contribution in [0.1, 0.15) is 38.7 Å². The first-order valence-corrected chi connectivity index (χ1v) is 7.89. The van der Waals surface area contributed by atoms with Gasteiger partial charge in [0.15, 0.2) is 0 Å². The highest BCUT2D eigenvalue weighted by molar-refractivity contribution is 5.76. The van der Waals surface area contributed by atoms with Crippen molar-refractivity contribution in [2.45, 2.75) is 39.5 Å². The first-order chi connectivity index (χ1) is 10.2. The molecule has 0 aromatic heterocycles. The zero-order chi connectivity index (χ0) is 15.5. The minimum absolute atomic E-state index is 0.0449. The molecule has 0 bridgehead atoms. The van der Waals surface area contributed by atoms with Gasteiger partial charge in [0.05, 0.1) is 0 Å². The molecule has 0 atom stereocenters. The molecule has 1 rings (SSSR count). The van der Waals surface area contributed by atoms with Crippen LogP contribution in [-0.2, 0) is 11.2 Å². The summed E-state index contributed by atoms with van der Waals surface area (Å²) >= 11 is 0. The molecule has 0 radical (unpaired) electrons. The zero-order valence-corrected chi connectivity index (χ0v) is 13.2. The maximum Gasteiger partial charge on any atom is 0.221 e. The Morgan fingerprint density at radius 2 is 1.81 bits per heavy atom. The van der Waals surface area contributed by atoms with E-state index in [-0.39, 0.29) is 11.7 Å². The second-order valence-corrected chi connectivity index (χ2v) is 5.28. The van der Waals surface area contributed by atoms with Crippen LogP contribution in [0.5, 0.6) is 0 Å². The van der Waals surface area contributed by atoms with Crippen molar-refractivity contribution in [3.63, 3.8) is 0 Å². The SMILES string of the molecule is CCCN(CCC)CCC(=O)NCCc1ccccc1F. The molecule has 1 aromatic carbocycles. The summed E-state index contributed by atoms with van der Waals surface area (Å²) in [5, 5.41) is 2.87. The normalized spacial score (nSPS) is 10.9. The summed E-state index contributed by atoms with van der Waals surface area (Å²) in [7, 11) is 0. The standard InChI is InChI=1S/C17H27FN2O/c1-3-12-20(13-4-2)14-10-17(21)19-11-9-15-7-5-6-8-16(15)18/h5-8H,3-4,9-14H2,1-2H3,(H,19,21). The van der Waals surface area contributed by atoms with Gasteiger partial charge in [-0.25, -0.2) is 4.39 Å². The summed E-state index contributed by atoms with van der Waals surface area (Å²) in [6, 6.07) is 6.69. The summed E-state index contributed by atoms with van der Waals surface area (Å²) in [6.45, 7) is 7.66. The van der Waals surface area contributed by atoms with Gasteiger partial charge in [0.1, 0.15) is 5.82 Å². The van der Waals surface area contributed by atoms with Crippen molar-refractivity contribution in [1.29, 1.82) is 0 Å². The van der Waals surface area contributed by atoms with Crippen molar-refractivity contribution in [3.8, 4) is 0 Å². The Hall–Kier alpha value is -1.42. The summed E-state index contributed by atoms with van der Waals surface area (Å²) < 4.78 is 13.4. The van der Waals surface area contributed by atoms with Crippen LogP contribution in [-0.4, -0.2) is 37.0 Å². The molecule has 0 heterocycles. The van der Waals surface area contributed by atoms with Crippen LogP contribution in [0.3, 0.4) is 0 Å². The summed E-state index contributed by atoms with van der Waals surface area (Å²) in [5.74, 6) is -0.160. The average molecular weight is 294 g/mol. The van der Waals surface area contributed by atoms with E-state index < -0.39 is 0 Å². The fourth-order valence-electron chi connectivity index (χ4n) is 2.35. The topological polar surface area (TPSA) is 32.3 Å². The number of hydrogen-bond acceptors (Lipinski definition) is 2. The van der Waals surface area contributed by atoms with Crippen molar-refractivity contribution in [1.82, 2.24) is 10.2 Å². The second-order valence-electron chi connectivity index (χ2n) is 5.28. The highest BCUT2D eigenvalue weighted by Gasteiger charge is 2.07. The average Bonchev–Trinajstić information content (AvgIpc) is 2.47. The number of hydrogen-bond donors (Lipinski definition) is 1. The number of rotatable bonds is 10. The molecule has 0 saturated heterocycles. The van der Waals surface area contributed by atoms with Gasteiger partial charge in [-0.3, -0.25) is 4.79 Å². The molecule has 0 aliphatic heterocycles. The molecular formula is C17H27FN2O. The predicted octanol–water partition coefficient (Wildman–Crippen LogP) is 3.00. The van der Waals surface area contributed by atoms with E-state index in [2.05, 4.69) is 24.1 Å². The van der Waals surface area contributed by atoms with E-state index in [0.29, 0.717) is 24.9 Å². The minimum Gasteiger partial charge on any atom is -0.356 e. The van der Waals surface area contributed by atoms with Gasteiger partial charge in [0.2, 0.25) is 5.91 Å². The Labute approximate surface area is 127 Å². The van der Waals surface area contributed by atoms with Gasteiger partial charge in [0.25, 0.3) is 0 Å². The van der Waals surface area contributed by atoms with E-state index in [0.717, 1.165) is 32.5 Å². The molecule has 3 nitrogen and oxygen atoms in total. The Morgan fingerprint density at radius 1 is 1.14 bits per heavy atom. The summed E-state index contributed by atoms with van der Waals surface area (Å²) in [6.07, 6.45) is 3.26. The lowest BCUT2D eigenvalue weighted by Crippen LogP contribution is -2.32. The largest absolute Gasteiger partial charge is 0.356 e. The summed E-state index contributed by atoms with van der Waals surface area (Å²) in [5.41, 5.74) is 0.649. The minimum atomic E-state index is -0.205. The lowest BCUT2D eigenvalue weighted by molar-refractivity contribution is -0.121. The van der Waals surface area contributed by atoms with Gasteiger partial charge in [-0.15, -0.1) is 0 Å². The number of amides is 1. The van der Waals surface area contributed by atoms with Crippen LogP contribution in [0.2, 0.25) is 0 Å². The fraction of sp³-hybridized carbons (Fsp3) is 0.588. The van der Waals surface area contributed by atoms with Crippen LogP contribution in [0.15, 0.2) is 24.3 Å². The third kappa shape index (κ3) is 7.23. The zero-order valence-electron chi connectivity index (χ0n) is 13.2. The van der Waals surface area contributed by atoms with Crippen LogP contribution in [0, 0.1) is 5.82 Å². The molecule has 1 amide bonds. The molecule has 0 aliphatic carbocycles. The maximum absolute atomic E-state index is 13.4. The molecule has 0 saturated carbocycles. The highest BCUT2D eigenvalue weighted by Crippen LogP contribution is 2.06. The van der Waals surface area contributed by atoms with E-state index >= 15 is 0 Å². The smallest absolute Gasteiger partial charge is 0.221 e. The van der Waals surface area contributed by atoms with Crippen molar-refractivity contribution < 1.29 is 9.18 Å². The van der Waals surface area contributed by atoms with Crippen molar-refractivity contribution in [2.24, 2.45) is 0 Å².